The van der Waals surface area contributed by atoms with E-state index in [9.17, 15) is 0 Å². The lowest BCUT2D eigenvalue weighted by Gasteiger charge is -2.13. The maximum atomic E-state index is 8.78. The van der Waals surface area contributed by atoms with Gasteiger partial charge in [0.25, 0.3) is 0 Å². The number of aryl methyl sites for hydroxylation is 2. The molecule has 0 spiro atoms. The summed E-state index contributed by atoms with van der Waals surface area (Å²) in [6, 6.07) is 12.4. The van der Waals surface area contributed by atoms with Gasteiger partial charge in [-0.05, 0) is 50.1 Å². The highest BCUT2D eigenvalue weighted by molar-refractivity contribution is 7.12. The molecule has 0 bridgehead atoms. The van der Waals surface area contributed by atoms with Crippen LogP contribution in [-0.2, 0) is 6.54 Å². The molecule has 0 aliphatic heterocycles. The van der Waals surface area contributed by atoms with E-state index in [-0.39, 0.29) is 6.04 Å². The lowest BCUT2D eigenvalue weighted by atomic mass is 10.1. The fourth-order valence-corrected chi connectivity index (χ4v) is 2.96. The quantitative estimate of drug-likeness (QED) is 0.908. The summed E-state index contributed by atoms with van der Waals surface area (Å²) in [6.07, 6.45) is 0. The van der Waals surface area contributed by atoms with Gasteiger partial charge in [-0.25, -0.2) is 0 Å². The molecular formula is C16H18N2S. The molecule has 0 amide bonds. The Balaban J connectivity index is 1.97. The summed E-state index contributed by atoms with van der Waals surface area (Å²) in [5.41, 5.74) is 3.29. The zero-order valence-electron chi connectivity index (χ0n) is 11.5. The molecule has 1 heterocycles. The van der Waals surface area contributed by atoms with Crippen molar-refractivity contribution < 1.29 is 0 Å². The predicted octanol–water partition coefficient (Wildman–Crippen LogP) is 4.09. The summed E-state index contributed by atoms with van der Waals surface area (Å²) >= 11 is 1.85. The standard InChI is InChI=1S/C16H18N2S/c1-11-8-16(19-13(11)3)10-18-12(2)15-6-4-14(9-17)5-7-15/h4-8,12,18H,10H2,1-3H3. The van der Waals surface area contributed by atoms with Gasteiger partial charge >= 0.3 is 0 Å². The fraction of sp³-hybridized carbons (Fsp3) is 0.312. The highest BCUT2D eigenvalue weighted by Gasteiger charge is 2.06. The largest absolute Gasteiger partial charge is 0.305 e. The normalized spacial score (nSPS) is 12.1. The third-order valence-electron chi connectivity index (χ3n) is 3.34. The maximum absolute atomic E-state index is 8.78. The van der Waals surface area contributed by atoms with Crippen molar-refractivity contribution in [3.05, 3.63) is 56.8 Å². The highest BCUT2D eigenvalue weighted by Crippen LogP contribution is 2.21. The molecule has 0 saturated carbocycles. The van der Waals surface area contributed by atoms with E-state index in [1.165, 1.54) is 20.9 Å². The first kappa shape index (κ1) is 13.8. The number of nitriles is 1. The molecule has 3 heteroatoms. The third-order valence-corrected chi connectivity index (χ3v) is 4.49. The highest BCUT2D eigenvalue weighted by atomic mass is 32.1. The Labute approximate surface area is 118 Å². The van der Waals surface area contributed by atoms with Crippen molar-refractivity contribution in [2.24, 2.45) is 0 Å². The molecule has 1 aromatic heterocycles. The topological polar surface area (TPSA) is 35.8 Å². The van der Waals surface area contributed by atoms with Crippen LogP contribution in [0.4, 0.5) is 0 Å². The van der Waals surface area contributed by atoms with Crippen LogP contribution in [0.5, 0.6) is 0 Å². The van der Waals surface area contributed by atoms with Gasteiger partial charge in [0.2, 0.25) is 0 Å². The molecule has 0 radical (unpaired) electrons. The van der Waals surface area contributed by atoms with Gasteiger partial charge in [-0.15, -0.1) is 11.3 Å². The van der Waals surface area contributed by atoms with Gasteiger partial charge in [0.1, 0.15) is 0 Å². The van der Waals surface area contributed by atoms with Gasteiger partial charge in [0, 0.05) is 22.3 Å². The number of nitrogens with one attached hydrogen (secondary N) is 1. The minimum atomic E-state index is 0.287. The van der Waals surface area contributed by atoms with Crippen LogP contribution < -0.4 is 5.32 Å². The Hall–Kier alpha value is -1.63. The first-order chi connectivity index (χ1) is 9.10. The molecule has 0 aliphatic carbocycles. The van der Waals surface area contributed by atoms with E-state index in [0.717, 1.165) is 6.54 Å². The Morgan fingerprint density at radius 2 is 1.95 bits per heavy atom. The molecule has 2 rings (SSSR count). The minimum absolute atomic E-state index is 0.287. The zero-order chi connectivity index (χ0) is 13.8. The second kappa shape index (κ2) is 6.01. The SMILES string of the molecule is Cc1cc(CNC(C)c2ccc(C#N)cc2)sc1C. The van der Waals surface area contributed by atoms with E-state index >= 15 is 0 Å². The second-order valence-corrected chi connectivity index (χ2v) is 6.13. The van der Waals surface area contributed by atoms with Crippen molar-refractivity contribution in [3.63, 3.8) is 0 Å². The molecule has 0 aliphatic rings. The van der Waals surface area contributed by atoms with E-state index in [2.05, 4.69) is 38.2 Å². The summed E-state index contributed by atoms with van der Waals surface area (Å²) in [6.45, 7) is 7.35. The summed E-state index contributed by atoms with van der Waals surface area (Å²) in [7, 11) is 0. The summed E-state index contributed by atoms with van der Waals surface area (Å²) in [5.74, 6) is 0. The van der Waals surface area contributed by atoms with Crippen molar-refractivity contribution >= 4 is 11.3 Å². The molecule has 0 fully saturated rings. The van der Waals surface area contributed by atoms with Crippen molar-refractivity contribution in [2.75, 3.05) is 0 Å². The minimum Gasteiger partial charge on any atom is -0.305 e. The number of thiophene rings is 1. The Morgan fingerprint density at radius 1 is 1.26 bits per heavy atom. The number of benzene rings is 1. The third kappa shape index (κ3) is 3.44. The van der Waals surface area contributed by atoms with Gasteiger partial charge in [0.05, 0.1) is 11.6 Å². The van der Waals surface area contributed by atoms with Crippen molar-refractivity contribution in [1.82, 2.24) is 5.32 Å². The summed E-state index contributed by atoms with van der Waals surface area (Å²) in [5, 5.41) is 12.3. The van der Waals surface area contributed by atoms with Crippen LogP contribution in [0.2, 0.25) is 0 Å². The monoisotopic (exact) mass is 270 g/mol. The maximum Gasteiger partial charge on any atom is 0.0991 e. The van der Waals surface area contributed by atoms with Gasteiger partial charge in [-0.1, -0.05) is 12.1 Å². The lowest BCUT2D eigenvalue weighted by Crippen LogP contribution is -2.17. The fourth-order valence-electron chi connectivity index (χ4n) is 1.95. The molecule has 1 N–H and O–H groups in total. The molecule has 98 valence electrons. The van der Waals surface area contributed by atoms with Crippen molar-refractivity contribution in [3.8, 4) is 6.07 Å². The number of hydrogen-bond donors (Lipinski definition) is 1. The molecule has 1 atom stereocenters. The Kier molecular flexibility index (Phi) is 4.36. The number of hydrogen-bond acceptors (Lipinski definition) is 3. The smallest absolute Gasteiger partial charge is 0.0991 e. The van der Waals surface area contributed by atoms with Crippen LogP contribution >= 0.6 is 11.3 Å². The first-order valence-corrected chi connectivity index (χ1v) is 7.21. The van der Waals surface area contributed by atoms with Crippen LogP contribution in [0.25, 0.3) is 0 Å². The molecule has 1 aromatic carbocycles. The van der Waals surface area contributed by atoms with Crippen LogP contribution in [-0.4, -0.2) is 0 Å². The molecular weight excluding hydrogens is 252 g/mol. The van der Waals surface area contributed by atoms with Crippen LogP contribution in [0, 0.1) is 25.2 Å². The molecule has 2 aromatic rings. The number of nitrogens with zero attached hydrogens (tertiary/aromatic N) is 1. The average Bonchev–Trinajstić information content (AvgIpc) is 2.75. The first-order valence-electron chi connectivity index (χ1n) is 6.39. The Bertz CT molecular complexity index is 571. The molecule has 0 saturated heterocycles. The van der Waals surface area contributed by atoms with Gasteiger partial charge < -0.3 is 5.32 Å². The zero-order valence-corrected chi connectivity index (χ0v) is 12.3. The van der Waals surface area contributed by atoms with E-state index in [1.54, 1.807) is 0 Å². The lowest BCUT2D eigenvalue weighted by molar-refractivity contribution is 0.579. The second-order valence-electron chi connectivity index (χ2n) is 4.79. The van der Waals surface area contributed by atoms with E-state index < -0.39 is 0 Å². The van der Waals surface area contributed by atoms with E-state index in [4.69, 9.17) is 5.26 Å². The van der Waals surface area contributed by atoms with E-state index in [0.29, 0.717) is 5.56 Å². The van der Waals surface area contributed by atoms with Crippen LogP contribution in [0.15, 0.2) is 30.3 Å². The van der Waals surface area contributed by atoms with E-state index in [1.807, 2.05) is 35.6 Å². The summed E-state index contributed by atoms with van der Waals surface area (Å²) < 4.78 is 0. The average molecular weight is 270 g/mol. The van der Waals surface area contributed by atoms with Gasteiger partial charge in [0.15, 0.2) is 0 Å². The van der Waals surface area contributed by atoms with Crippen LogP contribution in [0.3, 0.4) is 0 Å². The Morgan fingerprint density at radius 3 is 2.47 bits per heavy atom. The van der Waals surface area contributed by atoms with Gasteiger partial charge in [-0.3, -0.25) is 0 Å². The number of rotatable bonds is 4. The predicted molar refractivity (Wildman–Crippen MR) is 80.2 cm³/mol. The summed E-state index contributed by atoms with van der Waals surface area (Å²) in [4.78, 5) is 2.76. The van der Waals surface area contributed by atoms with Crippen LogP contribution in [0.1, 0.15) is 39.4 Å². The van der Waals surface area contributed by atoms with Crippen molar-refractivity contribution in [1.29, 1.82) is 5.26 Å². The molecule has 2 nitrogen and oxygen atoms in total. The molecule has 1 unspecified atom stereocenters. The van der Waals surface area contributed by atoms with Crippen molar-refractivity contribution in [2.45, 2.75) is 33.4 Å². The van der Waals surface area contributed by atoms with Gasteiger partial charge in [-0.2, -0.15) is 5.26 Å². The molecule has 19 heavy (non-hydrogen) atoms.